The molecule has 0 saturated carbocycles. The van der Waals surface area contributed by atoms with Crippen LogP contribution < -0.4 is 15.0 Å². The molecule has 7 heteroatoms. The molecule has 5 nitrogen and oxygen atoms in total. The first-order valence-electron chi connectivity index (χ1n) is 8.67. The molecule has 0 N–H and O–H groups in total. The van der Waals surface area contributed by atoms with Crippen LogP contribution in [-0.2, 0) is 12.1 Å². The number of ether oxygens (including phenoxy) is 2. The van der Waals surface area contributed by atoms with E-state index in [0.717, 1.165) is 5.56 Å². The number of benzene rings is 2. The Labute approximate surface area is 167 Å². The second-order valence-electron chi connectivity index (χ2n) is 7.20. The molecule has 1 aromatic heterocycles. The molecule has 0 unspecified atom stereocenters. The lowest BCUT2D eigenvalue weighted by Crippen LogP contribution is -2.36. The van der Waals surface area contributed by atoms with Gasteiger partial charge in [0.2, 0.25) is 0 Å². The number of hydrogen-bond acceptors (Lipinski definition) is 4. The molecule has 0 aliphatic heterocycles. The molecule has 146 valence electrons. The van der Waals surface area contributed by atoms with Gasteiger partial charge in [0.05, 0.1) is 11.7 Å². The molecule has 0 saturated heterocycles. The van der Waals surface area contributed by atoms with Gasteiger partial charge < -0.3 is 9.47 Å². The standard InChI is InChI=1S/C21H20ClFN2O3/c1-21(2,3)25-20(26)19(22)18(12-24-25)27-13-14-7-9-16(10-8-14)28-17-6-4-5-15(23)11-17/h4-12H,13H2,1-3H3. The number of hydrogen-bond donors (Lipinski definition) is 0. The lowest BCUT2D eigenvalue weighted by molar-refractivity contribution is 0.292. The molecular formula is C21H20ClFN2O3. The predicted octanol–water partition coefficient (Wildman–Crippen LogP) is 5.16. The molecule has 0 bridgehead atoms. The lowest BCUT2D eigenvalue weighted by atomic mass is 10.1. The van der Waals surface area contributed by atoms with Gasteiger partial charge in [-0.25, -0.2) is 9.07 Å². The van der Waals surface area contributed by atoms with Crippen molar-refractivity contribution in [1.82, 2.24) is 9.78 Å². The molecule has 1 heterocycles. The molecule has 0 amide bonds. The van der Waals surface area contributed by atoms with Crippen molar-refractivity contribution in [3.63, 3.8) is 0 Å². The van der Waals surface area contributed by atoms with Gasteiger partial charge in [-0.3, -0.25) is 4.79 Å². The van der Waals surface area contributed by atoms with Crippen LogP contribution in [0.15, 0.2) is 59.5 Å². The van der Waals surface area contributed by atoms with Crippen LogP contribution >= 0.6 is 11.6 Å². The van der Waals surface area contributed by atoms with Crippen LogP contribution in [0.1, 0.15) is 26.3 Å². The van der Waals surface area contributed by atoms with Gasteiger partial charge in [0.1, 0.15) is 23.9 Å². The van der Waals surface area contributed by atoms with Crippen molar-refractivity contribution in [1.29, 1.82) is 0 Å². The maximum Gasteiger partial charge on any atom is 0.289 e. The fraction of sp³-hybridized carbons (Fsp3) is 0.238. The monoisotopic (exact) mass is 402 g/mol. The molecule has 0 spiro atoms. The van der Waals surface area contributed by atoms with Crippen molar-refractivity contribution in [2.24, 2.45) is 0 Å². The van der Waals surface area contributed by atoms with Gasteiger partial charge in [0.25, 0.3) is 5.56 Å². The van der Waals surface area contributed by atoms with Crippen LogP contribution in [0, 0.1) is 5.82 Å². The van der Waals surface area contributed by atoms with E-state index in [4.69, 9.17) is 21.1 Å². The van der Waals surface area contributed by atoms with E-state index in [2.05, 4.69) is 5.10 Å². The van der Waals surface area contributed by atoms with Crippen LogP contribution in [0.25, 0.3) is 0 Å². The van der Waals surface area contributed by atoms with E-state index >= 15 is 0 Å². The molecule has 0 aliphatic carbocycles. The molecule has 0 radical (unpaired) electrons. The maximum atomic E-state index is 13.2. The molecule has 3 rings (SSSR count). The Kier molecular flexibility index (Phi) is 5.70. The van der Waals surface area contributed by atoms with Crippen LogP contribution in [0.2, 0.25) is 5.02 Å². The smallest absolute Gasteiger partial charge is 0.289 e. The number of rotatable bonds is 5. The SMILES string of the molecule is CC(C)(C)n1ncc(OCc2ccc(Oc3cccc(F)c3)cc2)c(Cl)c1=O. The Morgan fingerprint density at radius 2 is 1.82 bits per heavy atom. The highest BCUT2D eigenvalue weighted by molar-refractivity contribution is 6.31. The van der Waals surface area contributed by atoms with E-state index in [1.807, 2.05) is 32.9 Å². The minimum absolute atomic E-state index is 0.00372. The Hall–Kier alpha value is -2.86. The summed E-state index contributed by atoms with van der Waals surface area (Å²) < 4.78 is 25.8. The van der Waals surface area contributed by atoms with Gasteiger partial charge in [-0.15, -0.1) is 0 Å². The Balaban J connectivity index is 1.67. The number of aromatic nitrogens is 2. The van der Waals surface area contributed by atoms with E-state index in [1.165, 1.54) is 23.0 Å². The minimum atomic E-state index is -0.475. The third kappa shape index (κ3) is 4.70. The van der Waals surface area contributed by atoms with Gasteiger partial charge in [-0.1, -0.05) is 29.8 Å². The predicted molar refractivity (Wildman–Crippen MR) is 106 cm³/mol. The zero-order valence-electron chi connectivity index (χ0n) is 15.8. The summed E-state index contributed by atoms with van der Waals surface area (Å²) in [6.07, 6.45) is 1.44. The van der Waals surface area contributed by atoms with E-state index in [0.29, 0.717) is 11.5 Å². The maximum absolute atomic E-state index is 13.2. The third-order valence-electron chi connectivity index (χ3n) is 3.87. The van der Waals surface area contributed by atoms with Crippen LogP contribution in [-0.4, -0.2) is 9.78 Å². The Morgan fingerprint density at radius 3 is 2.46 bits per heavy atom. The number of nitrogens with zero attached hydrogens (tertiary/aromatic N) is 2. The summed E-state index contributed by atoms with van der Waals surface area (Å²) in [6, 6.07) is 13.0. The minimum Gasteiger partial charge on any atom is -0.485 e. The summed E-state index contributed by atoms with van der Waals surface area (Å²) in [5.41, 5.74) is -0.0234. The van der Waals surface area contributed by atoms with Gasteiger partial charge in [0, 0.05) is 6.07 Å². The second kappa shape index (κ2) is 8.02. The second-order valence-corrected chi connectivity index (χ2v) is 7.58. The average molecular weight is 403 g/mol. The fourth-order valence-corrected chi connectivity index (χ4v) is 2.66. The van der Waals surface area contributed by atoms with Crippen LogP contribution in [0.4, 0.5) is 4.39 Å². The van der Waals surface area contributed by atoms with Gasteiger partial charge in [-0.2, -0.15) is 5.10 Å². The molecule has 28 heavy (non-hydrogen) atoms. The number of halogens is 2. The van der Waals surface area contributed by atoms with E-state index < -0.39 is 11.1 Å². The molecule has 0 aliphatic rings. The summed E-state index contributed by atoms with van der Waals surface area (Å²) in [5, 5.41) is 4.13. The first-order chi connectivity index (χ1) is 13.2. The highest BCUT2D eigenvalue weighted by Crippen LogP contribution is 2.24. The van der Waals surface area contributed by atoms with E-state index in [-0.39, 0.29) is 23.2 Å². The highest BCUT2D eigenvalue weighted by atomic mass is 35.5. The zero-order valence-corrected chi connectivity index (χ0v) is 16.5. The van der Waals surface area contributed by atoms with Crippen molar-refractivity contribution in [3.05, 3.63) is 81.5 Å². The molecule has 0 fully saturated rings. The van der Waals surface area contributed by atoms with Crippen molar-refractivity contribution in [3.8, 4) is 17.2 Å². The average Bonchev–Trinajstić information content (AvgIpc) is 2.63. The third-order valence-corrected chi connectivity index (χ3v) is 4.22. The molecule has 3 aromatic rings. The molecular weight excluding hydrogens is 383 g/mol. The summed E-state index contributed by atoms with van der Waals surface area (Å²) in [6.45, 7) is 5.81. The van der Waals surface area contributed by atoms with Crippen LogP contribution in [0.3, 0.4) is 0 Å². The summed E-state index contributed by atoms with van der Waals surface area (Å²) in [7, 11) is 0. The molecule has 2 aromatic carbocycles. The lowest BCUT2D eigenvalue weighted by Gasteiger charge is -2.21. The summed E-state index contributed by atoms with van der Waals surface area (Å²) in [5.74, 6) is 0.858. The largest absolute Gasteiger partial charge is 0.485 e. The van der Waals surface area contributed by atoms with E-state index in [9.17, 15) is 9.18 Å². The highest BCUT2D eigenvalue weighted by Gasteiger charge is 2.20. The quantitative estimate of drug-likeness (QED) is 0.591. The Bertz CT molecular complexity index is 1030. The Morgan fingerprint density at radius 1 is 1.11 bits per heavy atom. The van der Waals surface area contributed by atoms with Crippen molar-refractivity contribution in [2.45, 2.75) is 32.9 Å². The zero-order chi connectivity index (χ0) is 20.3. The van der Waals surface area contributed by atoms with Gasteiger partial charge in [-0.05, 0) is 50.6 Å². The van der Waals surface area contributed by atoms with Crippen LogP contribution in [0.5, 0.6) is 17.2 Å². The van der Waals surface area contributed by atoms with Gasteiger partial charge >= 0.3 is 0 Å². The summed E-state index contributed by atoms with van der Waals surface area (Å²) in [4.78, 5) is 12.3. The fourth-order valence-electron chi connectivity index (χ4n) is 2.48. The topological polar surface area (TPSA) is 53.4 Å². The van der Waals surface area contributed by atoms with Crippen molar-refractivity contribution < 1.29 is 13.9 Å². The van der Waals surface area contributed by atoms with Crippen molar-refractivity contribution in [2.75, 3.05) is 0 Å². The van der Waals surface area contributed by atoms with Crippen molar-refractivity contribution >= 4 is 11.6 Å². The molecule has 0 atom stereocenters. The first kappa shape index (κ1) is 19.9. The normalized spacial score (nSPS) is 11.3. The summed E-state index contributed by atoms with van der Waals surface area (Å²) >= 11 is 6.15. The first-order valence-corrected chi connectivity index (χ1v) is 9.05. The van der Waals surface area contributed by atoms with Gasteiger partial charge in [0.15, 0.2) is 10.8 Å². The van der Waals surface area contributed by atoms with E-state index in [1.54, 1.807) is 24.3 Å².